The zero-order valence-electron chi connectivity index (χ0n) is 16.7. The Kier molecular flexibility index (Phi) is 5.20. The summed E-state index contributed by atoms with van der Waals surface area (Å²) in [6, 6.07) is 21.1. The van der Waals surface area contributed by atoms with Gasteiger partial charge in [-0.3, -0.25) is 4.79 Å². The van der Waals surface area contributed by atoms with Gasteiger partial charge in [-0.1, -0.05) is 63.2 Å². The van der Waals surface area contributed by atoms with Crippen molar-refractivity contribution in [2.75, 3.05) is 0 Å². The number of hydrogen-bond donors (Lipinski definition) is 0. The number of ketones is 1. The van der Waals surface area contributed by atoms with Crippen LogP contribution in [-0.2, 0) is 12.8 Å². The molecule has 0 saturated carbocycles. The van der Waals surface area contributed by atoms with Gasteiger partial charge >= 0.3 is 0 Å². The zero-order valence-corrected chi connectivity index (χ0v) is 17.5. The number of furan rings is 1. The molecule has 1 aromatic heterocycles. The van der Waals surface area contributed by atoms with Crippen molar-refractivity contribution in [2.24, 2.45) is 5.41 Å². The van der Waals surface area contributed by atoms with Crippen molar-refractivity contribution in [1.29, 1.82) is 0 Å². The Labute approximate surface area is 171 Å². The minimum absolute atomic E-state index is 0.0233. The molecule has 1 atom stereocenters. The van der Waals surface area contributed by atoms with E-state index < -0.39 is 0 Å². The van der Waals surface area contributed by atoms with Crippen LogP contribution >= 0.6 is 11.8 Å². The highest BCUT2D eigenvalue weighted by Crippen LogP contribution is 2.44. The van der Waals surface area contributed by atoms with Crippen LogP contribution in [-0.4, -0.2) is 5.78 Å². The first kappa shape index (κ1) is 19.1. The number of thioether (sulfide) groups is 1. The molecule has 1 aliphatic carbocycles. The SMILES string of the molecule is CCc1ccc(SC(c2ccccc2)c2cc3c(o2)CC(C)(C)CC3=O)cc1. The minimum atomic E-state index is -0.0371. The van der Waals surface area contributed by atoms with Crippen molar-refractivity contribution >= 4 is 17.5 Å². The third kappa shape index (κ3) is 3.95. The summed E-state index contributed by atoms with van der Waals surface area (Å²) < 4.78 is 6.30. The fraction of sp³-hybridized carbons (Fsp3) is 0.320. The topological polar surface area (TPSA) is 30.2 Å². The number of fused-ring (bicyclic) bond motifs is 1. The van der Waals surface area contributed by atoms with Crippen LogP contribution in [0.3, 0.4) is 0 Å². The van der Waals surface area contributed by atoms with Crippen LogP contribution in [0.5, 0.6) is 0 Å². The highest BCUT2D eigenvalue weighted by molar-refractivity contribution is 7.99. The second-order valence-corrected chi connectivity index (χ2v) is 9.51. The Morgan fingerprint density at radius 2 is 1.75 bits per heavy atom. The van der Waals surface area contributed by atoms with Crippen LogP contribution in [0.1, 0.15) is 65.4 Å². The van der Waals surface area contributed by atoms with E-state index in [9.17, 15) is 4.79 Å². The van der Waals surface area contributed by atoms with Crippen molar-refractivity contribution in [3.05, 3.63) is 88.9 Å². The molecule has 0 saturated heterocycles. The Hall–Kier alpha value is -2.26. The van der Waals surface area contributed by atoms with E-state index in [1.54, 1.807) is 11.8 Å². The lowest BCUT2D eigenvalue weighted by molar-refractivity contribution is 0.0903. The van der Waals surface area contributed by atoms with E-state index in [1.807, 2.05) is 12.1 Å². The van der Waals surface area contributed by atoms with Crippen molar-refractivity contribution in [2.45, 2.75) is 50.2 Å². The minimum Gasteiger partial charge on any atom is -0.464 e. The van der Waals surface area contributed by atoms with E-state index in [2.05, 4.69) is 69.3 Å². The molecule has 1 aliphatic rings. The van der Waals surface area contributed by atoms with Crippen LogP contribution in [0, 0.1) is 5.41 Å². The maximum absolute atomic E-state index is 12.6. The fourth-order valence-corrected chi connectivity index (χ4v) is 4.92. The van der Waals surface area contributed by atoms with Gasteiger partial charge in [0.2, 0.25) is 0 Å². The van der Waals surface area contributed by atoms with E-state index in [1.165, 1.54) is 16.0 Å². The summed E-state index contributed by atoms with van der Waals surface area (Å²) in [7, 11) is 0. The van der Waals surface area contributed by atoms with Crippen LogP contribution in [0.2, 0.25) is 0 Å². The van der Waals surface area contributed by atoms with Gasteiger partial charge in [0.05, 0.1) is 10.8 Å². The van der Waals surface area contributed by atoms with Gasteiger partial charge in [0.1, 0.15) is 11.5 Å². The summed E-state index contributed by atoms with van der Waals surface area (Å²) >= 11 is 1.77. The summed E-state index contributed by atoms with van der Waals surface area (Å²) in [6.07, 6.45) is 2.43. The predicted molar refractivity (Wildman–Crippen MR) is 115 cm³/mol. The highest BCUT2D eigenvalue weighted by atomic mass is 32.2. The van der Waals surface area contributed by atoms with Crippen LogP contribution in [0.25, 0.3) is 0 Å². The molecular formula is C25H26O2S. The molecule has 2 aromatic carbocycles. The number of carbonyl (C=O) groups excluding carboxylic acids is 1. The molecule has 0 radical (unpaired) electrons. The Morgan fingerprint density at radius 1 is 1.04 bits per heavy atom. The van der Waals surface area contributed by atoms with Crippen molar-refractivity contribution < 1.29 is 9.21 Å². The average molecular weight is 391 g/mol. The zero-order chi connectivity index (χ0) is 19.7. The number of benzene rings is 2. The lowest BCUT2D eigenvalue weighted by Gasteiger charge is -2.26. The van der Waals surface area contributed by atoms with E-state index in [4.69, 9.17) is 4.42 Å². The number of hydrogen-bond acceptors (Lipinski definition) is 3. The molecule has 144 valence electrons. The number of carbonyl (C=O) groups is 1. The molecule has 3 aromatic rings. The van der Waals surface area contributed by atoms with Crippen molar-refractivity contribution in [3.8, 4) is 0 Å². The molecule has 0 bridgehead atoms. The fourth-order valence-electron chi connectivity index (χ4n) is 3.83. The lowest BCUT2D eigenvalue weighted by Crippen LogP contribution is -2.25. The van der Waals surface area contributed by atoms with Gasteiger partial charge in [-0.05, 0) is 41.2 Å². The Morgan fingerprint density at radius 3 is 2.43 bits per heavy atom. The second kappa shape index (κ2) is 7.63. The summed E-state index contributed by atoms with van der Waals surface area (Å²) in [6.45, 7) is 6.43. The molecule has 1 unspecified atom stereocenters. The first-order valence-electron chi connectivity index (χ1n) is 9.91. The number of rotatable bonds is 5. The molecule has 4 rings (SSSR count). The first-order valence-corrected chi connectivity index (χ1v) is 10.8. The largest absolute Gasteiger partial charge is 0.464 e. The van der Waals surface area contributed by atoms with Crippen molar-refractivity contribution in [3.63, 3.8) is 0 Å². The molecular weight excluding hydrogens is 364 g/mol. The molecule has 0 N–H and O–H groups in total. The molecule has 0 amide bonds. The third-order valence-electron chi connectivity index (χ3n) is 5.35. The normalized spacial score (nSPS) is 16.6. The molecule has 28 heavy (non-hydrogen) atoms. The average Bonchev–Trinajstić information content (AvgIpc) is 3.10. The second-order valence-electron chi connectivity index (χ2n) is 8.33. The molecule has 0 spiro atoms. The maximum Gasteiger partial charge on any atom is 0.166 e. The van der Waals surface area contributed by atoms with E-state index in [-0.39, 0.29) is 16.4 Å². The summed E-state index contributed by atoms with van der Waals surface area (Å²) in [4.78, 5) is 13.8. The van der Waals surface area contributed by atoms with E-state index in [0.29, 0.717) is 6.42 Å². The van der Waals surface area contributed by atoms with Gasteiger partial charge in [0, 0.05) is 17.7 Å². The maximum atomic E-state index is 12.6. The molecule has 0 aliphatic heterocycles. The molecule has 0 fully saturated rings. The van der Waals surface area contributed by atoms with Gasteiger partial charge < -0.3 is 4.42 Å². The molecule has 1 heterocycles. The third-order valence-corrected chi connectivity index (χ3v) is 6.64. The summed E-state index contributed by atoms with van der Waals surface area (Å²) in [5.74, 6) is 1.91. The van der Waals surface area contributed by atoms with Crippen molar-refractivity contribution in [1.82, 2.24) is 0 Å². The summed E-state index contributed by atoms with van der Waals surface area (Å²) in [5.41, 5.74) is 3.26. The van der Waals surface area contributed by atoms with Crippen LogP contribution < -0.4 is 0 Å². The smallest absolute Gasteiger partial charge is 0.166 e. The van der Waals surface area contributed by atoms with Gasteiger partial charge in [0.15, 0.2) is 5.78 Å². The van der Waals surface area contributed by atoms with Gasteiger partial charge in [-0.25, -0.2) is 0 Å². The summed E-state index contributed by atoms with van der Waals surface area (Å²) in [5, 5.41) is 0.0233. The highest BCUT2D eigenvalue weighted by Gasteiger charge is 2.35. The lowest BCUT2D eigenvalue weighted by atomic mass is 9.77. The molecule has 2 nitrogen and oxygen atoms in total. The Bertz CT molecular complexity index is 968. The van der Waals surface area contributed by atoms with E-state index >= 15 is 0 Å². The van der Waals surface area contributed by atoms with Crippen LogP contribution in [0.15, 0.2) is 70.0 Å². The predicted octanol–water partition coefficient (Wildman–Crippen LogP) is 6.88. The standard InChI is InChI=1S/C25H26O2S/c1-4-17-10-12-19(13-11-17)28-24(18-8-6-5-7-9-18)22-14-20-21(26)15-25(2,3)16-23(20)27-22/h5-14,24H,4,15-16H2,1-3H3. The number of Topliss-reactive ketones (excluding diaryl/α,β-unsaturated/α-hetero) is 1. The van der Waals surface area contributed by atoms with Gasteiger partial charge in [0.25, 0.3) is 0 Å². The first-order chi connectivity index (χ1) is 13.4. The quantitative estimate of drug-likeness (QED) is 0.445. The monoisotopic (exact) mass is 390 g/mol. The van der Waals surface area contributed by atoms with Crippen LogP contribution in [0.4, 0.5) is 0 Å². The van der Waals surface area contributed by atoms with Gasteiger partial charge in [-0.15, -0.1) is 11.8 Å². The van der Waals surface area contributed by atoms with Gasteiger partial charge in [-0.2, -0.15) is 0 Å². The van der Waals surface area contributed by atoms with E-state index in [0.717, 1.165) is 29.9 Å². The Balaban J connectivity index is 1.71. The number of aryl methyl sites for hydroxylation is 1. The molecule has 3 heteroatoms.